The van der Waals surface area contributed by atoms with Gasteiger partial charge in [-0.2, -0.15) is 0 Å². The molecule has 0 bridgehead atoms. The molecule has 4 nitrogen and oxygen atoms in total. The molecular weight excluding hydrogens is 412 g/mol. The average molecular weight is 449 g/mol. The molecule has 0 N–H and O–H groups in total. The molecule has 0 saturated heterocycles. The summed E-state index contributed by atoms with van der Waals surface area (Å²) in [6.07, 6.45) is 5.61. The zero-order valence-electron chi connectivity index (χ0n) is 21.0. The molecule has 2 aromatic rings. The van der Waals surface area contributed by atoms with Crippen LogP contribution in [-0.2, 0) is 25.8 Å². The molecule has 176 valence electrons. The standard InChI is InChI=1S/C29H36O4/c1-8-32-25(30)12-9-19-15-23-26(24(16-19)31-7)33-18-29(23,6)20-10-11-21-22(17-20)28(4,5)14-13-27(21,2)3/h9-12,15-17H,8,13-14,18H2,1-7H3/b12-9+. The second kappa shape index (κ2) is 8.23. The largest absolute Gasteiger partial charge is 0.493 e. The Balaban J connectivity index is 1.81. The van der Waals surface area contributed by atoms with Gasteiger partial charge < -0.3 is 14.2 Å². The molecule has 0 fully saturated rings. The average Bonchev–Trinajstić information content (AvgIpc) is 3.13. The molecule has 4 rings (SSSR count). The minimum absolute atomic E-state index is 0.140. The van der Waals surface area contributed by atoms with E-state index in [1.54, 1.807) is 20.1 Å². The quantitative estimate of drug-likeness (QED) is 0.397. The van der Waals surface area contributed by atoms with Crippen LogP contribution in [0.5, 0.6) is 11.5 Å². The van der Waals surface area contributed by atoms with Crippen LogP contribution in [-0.4, -0.2) is 26.3 Å². The molecule has 1 unspecified atom stereocenters. The SMILES string of the molecule is CCOC(=O)/C=C/c1cc(OC)c2c(c1)C(C)(c1ccc3c(c1)C(C)(C)CCC3(C)C)CO2. The molecule has 0 aromatic heterocycles. The van der Waals surface area contributed by atoms with Crippen molar-refractivity contribution >= 4 is 12.0 Å². The Labute approximate surface area is 197 Å². The van der Waals surface area contributed by atoms with Gasteiger partial charge in [-0.25, -0.2) is 4.79 Å². The van der Waals surface area contributed by atoms with Crippen molar-refractivity contribution in [3.63, 3.8) is 0 Å². The Kier molecular flexibility index (Phi) is 5.84. The molecular formula is C29H36O4. The third kappa shape index (κ3) is 4.05. The zero-order valence-corrected chi connectivity index (χ0v) is 21.0. The lowest BCUT2D eigenvalue weighted by Crippen LogP contribution is -2.35. The van der Waals surface area contributed by atoms with E-state index in [0.717, 1.165) is 16.9 Å². The van der Waals surface area contributed by atoms with Gasteiger partial charge in [0.1, 0.15) is 6.61 Å². The molecule has 1 aliphatic heterocycles. The summed E-state index contributed by atoms with van der Waals surface area (Å²) in [5, 5.41) is 0. The van der Waals surface area contributed by atoms with Crippen LogP contribution in [0.4, 0.5) is 0 Å². The van der Waals surface area contributed by atoms with E-state index in [4.69, 9.17) is 14.2 Å². The Morgan fingerprint density at radius 3 is 2.36 bits per heavy atom. The van der Waals surface area contributed by atoms with Crippen molar-refractivity contribution in [3.8, 4) is 11.5 Å². The van der Waals surface area contributed by atoms with E-state index in [1.807, 2.05) is 6.07 Å². The normalized spacial score (nSPS) is 22.4. The second-order valence-electron chi connectivity index (χ2n) is 10.8. The number of carbonyl (C=O) groups excluding carboxylic acids is 1. The number of benzene rings is 2. The number of rotatable bonds is 5. The van der Waals surface area contributed by atoms with E-state index in [1.165, 1.54) is 35.6 Å². The van der Waals surface area contributed by atoms with Crippen LogP contribution >= 0.6 is 0 Å². The Hall–Kier alpha value is -2.75. The highest BCUT2D eigenvalue weighted by Gasteiger charge is 2.43. The maximum absolute atomic E-state index is 11.8. The highest BCUT2D eigenvalue weighted by molar-refractivity contribution is 5.87. The van der Waals surface area contributed by atoms with E-state index in [0.29, 0.717) is 19.0 Å². The first kappa shape index (κ1) is 23.4. The van der Waals surface area contributed by atoms with E-state index in [-0.39, 0.29) is 22.2 Å². The first-order valence-corrected chi connectivity index (χ1v) is 11.9. The van der Waals surface area contributed by atoms with Crippen molar-refractivity contribution in [1.82, 2.24) is 0 Å². The predicted octanol–water partition coefficient (Wildman–Crippen LogP) is 6.32. The lowest BCUT2D eigenvalue weighted by molar-refractivity contribution is -0.137. The molecule has 1 atom stereocenters. The molecule has 0 saturated carbocycles. The number of fused-ring (bicyclic) bond motifs is 2. The summed E-state index contributed by atoms with van der Waals surface area (Å²) < 4.78 is 16.9. The summed E-state index contributed by atoms with van der Waals surface area (Å²) in [5.41, 5.74) is 6.12. The number of hydrogen-bond acceptors (Lipinski definition) is 4. The van der Waals surface area contributed by atoms with Crippen molar-refractivity contribution in [3.05, 3.63) is 64.2 Å². The van der Waals surface area contributed by atoms with E-state index in [9.17, 15) is 4.79 Å². The minimum Gasteiger partial charge on any atom is -0.493 e. The minimum atomic E-state index is -0.351. The van der Waals surface area contributed by atoms with Crippen molar-refractivity contribution in [2.45, 2.75) is 70.6 Å². The van der Waals surface area contributed by atoms with Crippen LogP contribution in [0.1, 0.15) is 82.2 Å². The predicted molar refractivity (Wildman–Crippen MR) is 132 cm³/mol. The first-order chi connectivity index (χ1) is 15.5. The smallest absolute Gasteiger partial charge is 0.330 e. The number of methoxy groups -OCH3 is 1. The summed E-state index contributed by atoms with van der Waals surface area (Å²) in [6, 6.07) is 11.0. The Morgan fingerprint density at radius 1 is 1.00 bits per heavy atom. The van der Waals surface area contributed by atoms with Crippen LogP contribution < -0.4 is 9.47 Å². The molecule has 1 aliphatic carbocycles. The van der Waals surface area contributed by atoms with Crippen LogP contribution in [0, 0.1) is 0 Å². The molecule has 2 aromatic carbocycles. The maximum atomic E-state index is 11.8. The second-order valence-corrected chi connectivity index (χ2v) is 10.8. The third-order valence-electron chi connectivity index (χ3n) is 7.59. The van der Waals surface area contributed by atoms with Gasteiger partial charge in [-0.15, -0.1) is 0 Å². The summed E-state index contributed by atoms with van der Waals surface area (Å²) in [4.78, 5) is 11.8. The lowest BCUT2D eigenvalue weighted by Gasteiger charge is -2.42. The summed E-state index contributed by atoms with van der Waals surface area (Å²) >= 11 is 0. The van der Waals surface area contributed by atoms with E-state index < -0.39 is 0 Å². The van der Waals surface area contributed by atoms with Crippen LogP contribution in [0.2, 0.25) is 0 Å². The van der Waals surface area contributed by atoms with Crippen molar-refractivity contribution in [2.24, 2.45) is 0 Å². The van der Waals surface area contributed by atoms with Crippen molar-refractivity contribution < 1.29 is 19.0 Å². The summed E-state index contributed by atoms with van der Waals surface area (Å²) in [7, 11) is 1.65. The summed E-state index contributed by atoms with van der Waals surface area (Å²) in [6.45, 7) is 14.3. The van der Waals surface area contributed by atoms with Gasteiger partial charge in [0.25, 0.3) is 0 Å². The van der Waals surface area contributed by atoms with Gasteiger partial charge in [0.05, 0.1) is 19.1 Å². The van der Waals surface area contributed by atoms with Crippen LogP contribution in [0.25, 0.3) is 6.08 Å². The molecule has 0 amide bonds. The highest BCUT2D eigenvalue weighted by atomic mass is 16.5. The molecule has 33 heavy (non-hydrogen) atoms. The monoisotopic (exact) mass is 448 g/mol. The topological polar surface area (TPSA) is 44.8 Å². The van der Waals surface area contributed by atoms with Crippen LogP contribution in [0.15, 0.2) is 36.4 Å². The summed E-state index contributed by atoms with van der Waals surface area (Å²) in [5.74, 6) is 1.11. The number of hydrogen-bond donors (Lipinski definition) is 0. The molecule has 2 aliphatic rings. The van der Waals surface area contributed by atoms with E-state index in [2.05, 4.69) is 58.9 Å². The first-order valence-electron chi connectivity index (χ1n) is 11.9. The lowest BCUT2D eigenvalue weighted by atomic mass is 9.62. The molecule has 0 spiro atoms. The van der Waals surface area contributed by atoms with Gasteiger partial charge in [0, 0.05) is 11.6 Å². The fourth-order valence-electron chi connectivity index (χ4n) is 5.25. The van der Waals surface area contributed by atoms with Gasteiger partial charge >= 0.3 is 5.97 Å². The number of esters is 1. The Bertz CT molecular complexity index is 1110. The fourth-order valence-corrected chi connectivity index (χ4v) is 5.25. The van der Waals surface area contributed by atoms with Crippen LogP contribution in [0.3, 0.4) is 0 Å². The highest BCUT2D eigenvalue weighted by Crippen LogP contribution is 2.51. The fraction of sp³-hybridized carbons (Fsp3) is 0.483. The van der Waals surface area contributed by atoms with Gasteiger partial charge in [-0.1, -0.05) is 45.9 Å². The Morgan fingerprint density at radius 2 is 1.70 bits per heavy atom. The molecule has 4 heteroatoms. The van der Waals surface area contributed by atoms with Gasteiger partial charge in [-0.05, 0) is 78.0 Å². The van der Waals surface area contributed by atoms with Crippen molar-refractivity contribution in [1.29, 1.82) is 0 Å². The number of ether oxygens (including phenoxy) is 3. The molecule has 0 radical (unpaired) electrons. The maximum Gasteiger partial charge on any atom is 0.330 e. The van der Waals surface area contributed by atoms with Crippen molar-refractivity contribution in [2.75, 3.05) is 20.3 Å². The van der Waals surface area contributed by atoms with Gasteiger partial charge in [0.2, 0.25) is 0 Å². The molecule has 1 heterocycles. The van der Waals surface area contributed by atoms with Gasteiger partial charge in [0.15, 0.2) is 11.5 Å². The zero-order chi connectivity index (χ0) is 24.0. The number of carbonyl (C=O) groups is 1. The van der Waals surface area contributed by atoms with Gasteiger partial charge in [-0.3, -0.25) is 0 Å². The van der Waals surface area contributed by atoms with E-state index >= 15 is 0 Å². The third-order valence-corrected chi connectivity index (χ3v) is 7.59.